The zero-order valence-corrected chi connectivity index (χ0v) is 8.98. The summed E-state index contributed by atoms with van der Waals surface area (Å²) in [6.45, 7) is 0. The Morgan fingerprint density at radius 1 is 1.00 bits per heavy atom. The number of aryl methyl sites for hydroxylation is 2. The normalized spacial score (nSPS) is 10.2. The third kappa shape index (κ3) is 3.03. The van der Waals surface area contributed by atoms with Crippen LogP contribution in [0.3, 0.4) is 0 Å². The molecule has 0 unspecified atom stereocenters. The Morgan fingerprint density at radius 2 is 1.80 bits per heavy atom. The van der Waals surface area contributed by atoms with E-state index in [0.29, 0.717) is 5.15 Å². The third-order valence-corrected chi connectivity index (χ3v) is 2.35. The average Bonchev–Trinajstić information content (AvgIpc) is 2.28. The van der Waals surface area contributed by atoms with Gasteiger partial charge in [0.1, 0.15) is 5.15 Å². The Balaban J connectivity index is 1.99. The van der Waals surface area contributed by atoms with Gasteiger partial charge in [-0.2, -0.15) is 0 Å². The number of hydrogen-bond donors (Lipinski definition) is 0. The molecule has 0 aliphatic rings. The molecule has 0 N–H and O–H groups in total. The van der Waals surface area contributed by atoms with Gasteiger partial charge >= 0.3 is 0 Å². The molecular weight excluding hydrogens is 208 g/mol. The summed E-state index contributed by atoms with van der Waals surface area (Å²) < 4.78 is 0. The fourth-order valence-electron chi connectivity index (χ4n) is 1.42. The molecule has 0 amide bonds. The topological polar surface area (TPSA) is 25.8 Å². The Labute approximate surface area is 94.0 Å². The predicted octanol–water partition coefficient (Wildman–Crippen LogP) is 2.92. The van der Waals surface area contributed by atoms with E-state index in [0.717, 1.165) is 18.5 Å². The molecule has 15 heavy (non-hydrogen) atoms. The summed E-state index contributed by atoms with van der Waals surface area (Å²) in [5.74, 6) is 0. The van der Waals surface area contributed by atoms with Gasteiger partial charge in [0.05, 0.1) is 11.9 Å². The lowest BCUT2D eigenvalue weighted by molar-refractivity contribution is 0.899. The van der Waals surface area contributed by atoms with Crippen LogP contribution >= 0.6 is 11.6 Å². The highest BCUT2D eigenvalue weighted by Gasteiger charge is 1.98. The van der Waals surface area contributed by atoms with Crippen LogP contribution in [-0.4, -0.2) is 9.97 Å². The first-order valence-electron chi connectivity index (χ1n) is 4.85. The molecule has 1 aromatic heterocycles. The van der Waals surface area contributed by atoms with Gasteiger partial charge in [0.15, 0.2) is 0 Å². The van der Waals surface area contributed by atoms with Gasteiger partial charge in [-0.05, 0) is 18.4 Å². The second-order valence-electron chi connectivity index (χ2n) is 3.32. The van der Waals surface area contributed by atoms with Crippen LogP contribution in [0.4, 0.5) is 0 Å². The summed E-state index contributed by atoms with van der Waals surface area (Å²) in [4.78, 5) is 8.19. The molecule has 0 fully saturated rings. The molecule has 0 spiro atoms. The summed E-state index contributed by atoms with van der Waals surface area (Å²) in [5.41, 5.74) is 2.24. The molecule has 0 saturated heterocycles. The number of rotatable bonds is 3. The van der Waals surface area contributed by atoms with Crippen molar-refractivity contribution in [3.05, 3.63) is 59.1 Å². The van der Waals surface area contributed by atoms with Crippen molar-refractivity contribution in [3.8, 4) is 0 Å². The van der Waals surface area contributed by atoms with Crippen molar-refractivity contribution >= 4 is 11.6 Å². The highest BCUT2D eigenvalue weighted by Crippen LogP contribution is 2.07. The smallest absolute Gasteiger partial charge is 0.147 e. The zero-order chi connectivity index (χ0) is 10.5. The molecule has 0 atom stereocenters. The quantitative estimate of drug-likeness (QED) is 0.792. The molecule has 0 radical (unpaired) electrons. The van der Waals surface area contributed by atoms with E-state index in [4.69, 9.17) is 11.6 Å². The number of halogens is 1. The lowest BCUT2D eigenvalue weighted by Gasteiger charge is -2.00. The van der Waals surface area contributed by atoms with E-state index < -0.39 is 0 Å². The van der Waals surface area contributed by atoms with E-state index in [9.17, 15) is 0 Å². The molecule has 3 heteroatoms. The number of benzene rings is 1. The predicted molar refractivity (Wildman–Crippen MR) is 60.9 cm³/mol. The van der Waals surface area contributed by atoms with Crippen LogP contribution in [0.15, 0.2) is 42.7 Å². The first-order valence-corrected chi connectivity index (χ1v) is 5.23. The van der Waals surface area contributed by atoms with Crippen molar-refractivity contribution in [2.45, 2.75) is 12.8 Å². The molecule has 1 heterocycles. The molecule has 0 bridgehead atoms. The number of nitrogens with zero attached hydrogens (tertiary/aromatic N) is 2. The summed E-state index contributed by atoms with van der Waals surface area (Å²) >= 11 is 5.75. The molecule has 0 aliphatic heterocycles. The Hall–Kier alpha value is -1.41. The number of aromatic nitrogens is 2. The third-order valence-electron chi connectivity index (χ3n) is 2.17. The van der Waals surface area contributed by atoms with Crippen LogP contribution in [0.5, 0.6) is 0 Å². The van der Waals surface area contributed by atoms with Crippen LogP contribution in [0.2, 0.25) is 5.15 Å². The summed E-state index contributed by atoms with van der Waals surface area (Å²) in [6.07, 6.45) is 5.15. The minimum atomic E-state index is 0.459. The van der Waals surface area contributed by atoms with Crippen molar-refractivity contribution in [1.82, 2.24) is 9.97 Å². The number of hydrogen-bond acceptors (Lipinski definition) is 2. The maximum Gasteiger partial charge on any atom is 0.147 e. The van der Waals surface area contributed by atoms with E-state index in [1.807, 2.05) is 18.2 Å². The Kier molecular flexibility index (Phi) is 3.30. The van der Waals surface area contributed by atoms with E-state index in [2.05, 4.69) is 22.1 Å². The lowest BCUT2D eigenvalue weighted by Crippen LogP contribution is -1.95. The molecule has 1 aromatic carbocycles. The van der Waals surface area contributed by atoms with Crippen molar-refractivity contribution in [2.75, 3.05) is 0 Å². The van der Waals surface area contributed by atoms with Crippen molar-refractivity contribution < 1.29 is 0 Å². The molecule has 0 aliphatic carbocycles. The molecule has 0 saturated carbocycles. The van der Waals surface area contributed by atoms with Crippen LogP contribution < -0.4 is 0 Å². The molecule has 76 valence electrons. The monoisotopic (exact) mass is 218 g/mol. The van der Waals surface area contributed by atoms with Gasteiger partial charge < -0.3 is 0 Å². The summed E-state index contributed by atoms with van der Waals surface area (Å²) in [5, 5.41) is 0.459. The van der Waals surface area contributed by atoms with Crippen molar-refractivity contribution in [1.29, 1.82) is 0 Å². The van der Waals surface area contributed by atoms with Gasteiger partial charge in [-0.15, -0.1) is 0 Å². The van der Waals surface area contributed by atoms with Gasteiger partial charge in [0.25, 0.3) is 0 Å². The van der Waals surface area contributed by atoms with Gasteiger partial charge in [0.2, 0.25) is 0 Å². The highest BCUT2D eigenvalue weighted by molar-refractivity contribution is 6.29. The molecular formula is C12H11ClN2. The van der Waals surface area contributed by atoms with Crippen molar-refractivity contribution in [3.63, 3.8) is 0 Å². The van der Waals surface area contributed by atoms with Gasteiger partial charge in [-0.1, -0.05) is 41.9 Å². The second-order valence-corrected chi connectivity index (χ2v) is 3.71. The fraction of sp³-hybridized carbons (Fsp3) is 0.167. The lowest BCUT2D eigenvalue weighted by atomic mass is 10.1. The van der Waals surface area contributed by atoms with Gasteiger partial charge in [0, 0.05) is 6.20 Å². The van der Waals surface area contributed by atoms with E-state index in [1.54, 1.807) is 12.4 Å². The minimum Gasteiger partial charge on any atom is -0.260 e. The summed E-state index contributed by atoms with van der Waals surface area (Å²) in [7, 11) is 0. The van der Waals surface area contributed by atoms with E-state index in [-0.39, 0.29) is 0 Å². The molecule has 2 nitrogen and oxygen atoms in total. The van der Waals surface area contributed by atoms with Gasteiger partial charge in [-0.25, -0.2) is 4.98 Å². The van der Waals surface area contributed by atoms with Crippen molar-refractivity contribution in [2.24, 2.45) is 0 Å². The first-order chi connectivity index (χ1) is 7.34. The van der Waals surface area contributed by atoms with Gasteiger partial charge in [-0.3, -0.25) is 4.98 Å². The SMILES string of the molecule is Clc1cncc(CCc2ccccc2)n1. The summed E-state index contributed by atoms with van der Waals surface area (Å²) in [6, 6.07) is 10.3. The van der Waals surface area contributed by atoms with Crippen LogP contribution in [0.25, 0.3) is 0 Å². The fourth-order valence-corrected chi connectivity index (χ4v) is 1.58. The van der Waals surface area contributed by atoms with Crippen LogP contribution in [0, 0.1) is 0 Å². The molecule has 2 rings (SSSR count). The maximum atomic E-state index is 5.75. The van der Waals surface area contributed by atoms with Crippen LogP contribution in [-0.2, 0) is 12.8 Å². The van der Waals surface area contributed by atoms with Crippen LogP contribution in [0.1, 0.15) is 11.3 Å². The Bertz CT molecular complexity index is 429. The standard InChI is InChI=1S/C12H11ClN2/c13-12-9-14-8-11(15-12)7-6-10-4-2-1-3-5-10/h1-5,8-9H,6-7H2. The molecule has 2 aromatic rings. The minimum absolute atomic E-state index is 0.459. The first kappa shape index (κ1) is 10.1. The maximum absolute atomic E-state index is 5.75. The zero-order valence-electron chi connectivity index (χ0n) is 8.23. The van der Waals surface area contributed by atoms with E-state index >= 15 is 0 Å². The second kappa shape index (κ2) is 4.89. The average molecular weight is 219 g/mol. The van der Waals surface area contributed by atoms with E-state index in [1.165, 1.54) is 5.56 Å². The Morgan fingerprint density at radius 3 is 2.53 bits per heavy atom. The largest absolute Gasteiger partial charge is 0.260 e. The highest BCUT2D eigenvalue weighted by atomic mass is 35.5.